The zero-order valence-corrected chi connectivity index (χ0v) is 27.1. The van der Waals surface area contributed by atoms with Crippen LogP contribution in [-0.2, 0) is 0 Å². The van der Waals surface area contributed by atoms with E-state index in [4.69, 9.17) is 9.47 Å². The molecule has 0 heterocycles. The van der Waals surface area contributed by atoms with Crippen molar-refractivity contribution >= 4 is 87.9 Å². The minimum absolute atomic E-state index is 0.332. The van der Waals surface area contributed by atoms with Gasteiger partial charge in [0.2, 0.25) is 0 Å². The fraction of sp³-hybridized carbons (Fsp3) is 0. The zero-order chi connectivity index (χ0) is 34.1. The number of hydrogen-bond donors (Lipinski definition) is 1. The van der Waals surface area contributed by atoms with Crippen molar-refractivity contribution in [2.45, 2.75) is 0 Å². The lowest BCUT2D eigenvalue weighted by molar-refractivity contribution is 0.0729. The minimum atomic E-state index is -0.512. The lowest BCUT2D eigenvalue weighted by Crippen LogP contribution is -2.14. The fourth-order valence-electron chi connectivity index (χ4n) is 7.59. The Morgan fingerprint density at radius 2 is 0.706 bits per heavy atom. The molecule has 0 saturated heterocycles. The van der Waals surface area contributed by atoms with Crippen LogP contribution in [-0.4, -0.2) is 11.9 Å². The van der Waals surface area contributed by atoms with Crippen LogP contribution in [0.5, 0.6) is 11.5 Å². The number of para-hydroxylation sites is 2. The van der Waals surface area contributed by atoms with E-state index in [9.17, 15) is 9.59 Å². The van der Waals surface area contributed by atoms with Crippen LogP contribution in [0.2, 0.25) is 0 Å². The molecule has 0 aromatic heterocycles. The van der Waals surface area contributed by atoms with Gasteiger partial charge in [0, 0.05) is 21.5 Å². The van der Waals surface area contributed by atoms with Gasteiger partial charge in [0.1, 0.15) is 11.5 Å². The van der Waals surface area contributed by atoms with Crippen molar-refractivity contribution in [2.24, 2.45) is 0 Å². The average molecular weight is 658 g/mol. The number of nitrogens with one attached hydrogen (secondary N) is 1. The highest BCUT2D eigenvalue weighted by Crippen LogP contribution is 2.41. The summed E-state index contributed by atoms with van der Waals surface area (Å²) in [6.07, 6.45) is 0. The van der Waals surface area contributed by atoms with E-state index in [0.29, 0.717) is 34.0 Å². The highest BCUT2D eigenvalue weighted by Gasteiger charge is 2.21. The fourth-order valence-corrected chi connectivity index (χ4v) is 7.59. The molecule has 0 saturated carbocycles. The second kappa shape index (κ2) is 11.3. The normalized spacial score (nSPS) is 11.7. The molecule has 5 nitrogen and oxygen atoms in total. The van der Waals surface area contributed by atoms with E-state index >= 15 is 0 Å². The molecule has 0 aliphatic carbocycles. The second-order valence-corrected chi connectivity index (χ2v) is 12.8. The van der Waals surface area contributed by atoms with Crippen LogP contribution >= 0.6 is 0 Å². The average Bonchev–Trinajstić information content (AvgIpc) is 3.17. The largest absolute Gasteiger partial charge is 0.422 e. The van der Waals surface area contributed by atoms with Crippen molar-refractivity contribution in [2.75, 3.05) is 5.32 Å². The Hall–Kier alpha value is -6.98. The molecule has 10 rings (SSSR count). The number of ether oxygens (including phenoxy) is 2. The molecule has 5 heteroatoms. The van der Waals surface area contributed by atoms with E-state index in [-0.39, 0.29) is 0 Å². The SMILES string of the molecule is O=C(Oc1ccc2ccc3cccc4ccc1c2c34)c1ccccc1Nc1ccccc1C(=O)Oc1ccc2ccc3cccc4ccc1c2c34. The molecule has 0 atom stereocenters. The first-order chi connectivity index (χ1) is 25.1. The van der Waals surface area contributed by atoms with Crippen LogP contribution in [0, 0.1) is 0 Å². The van der Waals surface area contributed by atoms with Crippen molar-refractivity contribution < 1.29 is 19.1 Å². The maximum absolute atomic E-state index is 13.9. The minimum Gasteiger partial charge on any atom is -0.422 e. The van der Waals surface area contributed by atoms with Crippen LogP contribution in [0.4, 0.5) is 11.4 Å². The lowest BCUT2D eigenvalue weighted by atomic mass is 9.94. The Bertz CT molecular complexity index is 2760. The summed E-state index contributed by atoms with van der Waals surface area (Å²) in [5.41, 5.74) is 1.67. The van der Waals surface area contributed by atoms with E-state index in [1.807, 2.05) is 48.5 Å². The monoisotopic (exact) mass is 657 g/mol. The molecular formula is C46H27NO4. The molecule has 0 aliphatic rings. The third kappa shape index (κ3) is 4.63. The molecule has 10 aromatic carbocycles. The maximum atomic E-state index is 13.9. The molecule has 51 heavy (non-hydrogen) atoms. The summed E-state index contributed by atoms with van der Waals surface area (Å²) < 4.78 is 12.2. The molecule has 0 aliphatic heterocycles. The molecule has 0 fully saturated rings. The molecule has 10 aromatic rings. The van der Waals surface area contributed by atoms with Crippen molar-refractivity contribution in [3.05, 3.63) is 169 Å². The van der Waals surface area contributed by atoms with Gasteiger partial charge in [0.15, 0.2) is 0 Å². The van der Waals surface area contributed by atoms with E-state index in [1.165, 1.54) is 0 Å². The number of benzene rings is 10. The zero-order valence-electron chi connectivity index (χ0n) is 27.1. The first-order valence-corrected chi connectivity index (χ1v) is 16.8. The Morgan fingerprint density at radius 1 is 0.353 bits per heavy atom. The molecule has 0 bridgehead atoms. The number of carbonyl (C=O) groups excluding carboxylic acids is 2. The van der Waals surface area contributed by atoms with Crippen LogP contribution in [0.15, 0.2) is 158 Å². The van der Waals surface area contributed by atoms with Gasteiger partial charge in [-0.3, -0.25) is 0 Å². The summed E-state index contributed by atoms with van der Waals surface area (Å²) in [7, 11) is 0. The Labute approximate surface area is 291 Å². The molecule has 0 amide bonds. The van der Waals surface area contributed by atoms with Crippen LogP contribution in [0.25, 0.3) is 64.6 Å². The Balaban J connectivity index is 0.968. The van der Waals surface area contributed by atoms with Gasteiger partial charge in [0.05, 0.1) is 22.5 Å². The summed E-state index contributed by atoms with van der Waals surface area (Å²) in [5.74, 6) is -0.0562. The van der Waals surface area contributed by atoms with Gasteiger partial charge in [0.25, 0.3) is 0 Å². The Morgan fingerprint density at radius 3 is 1.14 bits per heavy atom. The summed E-state index contributed by atoms with van der Waals surface area (Å²) >= 11 is 0. The topological polar surface area (TPSA) is 64.6 Å². The van der Waals surface area contributed by atoms with Gasteiger partial charge in [-0.05, 0) is 91.6 Å². The predicted molar refractivity (Wildman–Crippen MR) is 206 cm³/mol. The number of carbonyl (C=O) groups is 2. The van der Waals surface area contributed by atoms with E-state index in [1.54, 1.807) is 36.4 Å². The van der Waals surface area contributed by atoms with Gasteiger partial charge in [-0.25, -0.2) is 9.59 Å². The van der Waals surface area contributed by atoms with Gasteiger partial charge >= 0.3 is 11.9 Å². The third-order valence-electron chi connectivity index (χ3n) is 9.95. The number of rotatable bonds is 6. The predicted octanol–water partition coefficient (Wildman–Crippen LogP) is 11.7. The summed E-state index contributed by atoms with van der Waals surface area (Å²) in [6, 6.07) is 51.0. The van der Waals surface area contributed by atoms with Crippen molar-refractivity contribution in [1.82, 2.24) is 0 Å². The lowest BCUT2D eigenvalue weighted by Gasteiger charge is -2.17. The number of hydrogen-bond acceptors (Lipinski definition) is 5. The first-order valence-electron chi connectivity index (χ1n) is 16.8. The molecule has 0 unspecified atom stereocenters. The molecular weight excluding hydrogens is 631 g/mol. The van der Waals surface area contributed by atoms with E-state index in [2.05, 4.69) is 78.1 Å². The van der Waals surface area contributed by atoms with Crippen LogP contribution in [0.3, 0.4) is 0 Å². The van der Waals surface area contributed by atoms with E-state index < -0.39 is 11.9 Å². The van der Waals surface area contributed by atoms with Gasteiger partial charge < -0.3 is 14.8 Å². The molecule has 1 N–H and O–H groups in total. The standard InChI is InChI=1S/C46H27NO4/c48-45(50-39-25-21-31-17-15-27-7-5-9-29-19-23-35(39)43(31)41(27)29)33-11-1-3-13-37(33)47-38-14-4-2-12-34(38)46(49)51-40-26-22-32-18-16-28-8-6-10-30-20-24-36(40)44(32)42(28)30/h1-26,47H. The van der Waals surface area contributed by atoms with Crippen molar-refractivity contribution in [3.8, 4) is 11.5 Å². The molecule has 0 radical (unpaired) electrons. The Kier molecular flexibility index (Phi) is 6.42. The van der Waals surface area contributed by atoms with Crippen molar-refractivity contribution in [1.29, 1.82) is 0 Å². The number of anilines is 2. The maximum Gasteiger partial charge on any atom is 0.345 e. The third-order valence-corrected chi connectivity index (χ3v) is 9.95. The van der Waals surface area contributed by atoms with Crippen LogP contribution in [0.1, 0.15) is 20.7 Å². The highest BCUT2D eigenvalue weighted by atomic mass is 16.5. The summed E-state index contributed by atoms with van der Waals surface area (Å²) in [5, 5.41) is 16.2. The summed E-state index contributed by atoms with van der Waals surface area (Å²) in [6.45, 7) is 0. The quantitative estimate of drug-likeness (QED) is 0.110. The second-order valence-electron chi connectivity index (χ2n) is 12.8. The number of esters is 2. The van der Waals surface area contributed by atoms with Gasteiger partial charge in [-0.2, -0.15) is 0 Å². The van der Waals surface area contributed by atoms with Gasteiger partial charge in [-0.15, -0.1) is 0 Å². The smallest absolute Gasteiger partial charge is 0.345 e. The molecule has 0 spiro atoms. The van der Waals surface area contributed by atoms with Gasteiger partial charge in [-0.1, -0.05) is 109 Å². The molecule has 240 valence electrons. The summed E-state index contributed by atoms with van der Waals surface area (Å²) in [4.78, 5) is 27.7. The first kappa shape index (κ1) is 29.0. The van der Waals surface area contributed by atoms with Crippen molar-refractivity contribution in [3.63, 3.8) is 0 Å². The van der Waals surface area contributed by atoms with E-state index in [0.717, 1.165) is 64.6 Å². The highest BCUT2D eigenvalue weighted by molar-refractivity contribution is 6.25. The van der Waals surface area contributed by atoms with Crippen LogP contribution < -0.4 is 14.8 Å².